The van der Waals surface area contributed by atoms with Crippen LogP contribution in [0.3, 0.4) is 0 Å². The van der Waals surface area contributed by atoms with Crippen molar-refractivity contribution < 1.29 is 0 Å². The van der Waals surface area contributed by atoms with Gasteiger partial charge < -0.3 is 5.32 Å². The molecule has 0 spiro atoms. The van der Waals surface area contributed by atoms with Crippen molar-refractivity contribution in [2.75, 3.05) is 11.9 Å². The maximum Gasteiger partial charge on any atom is 0.133 e. The van der Waals surface area contributed by atoms with E-state index < -0.39 is 0 Å². The second-order valence-corrected chi connectivity index (χ2v) is 6.15. The molecule has 1 aromatic heterocycles. The lowest BCUT2D eigenvalue weighted by Gasteiger charge is -2.16. The summed E-state index contributed by atoms with van der Waals surface area (Å²) in [5, 5.41) is 5.94. The molecule has 2 nitrogen and oxygen atoms in total. The fourth-order valence-electron chi connectivity index (χ4n) is 2.49. The van der Waals surface area contributed by atoms with Crippen molar-refractivity contribution >= 4 is 32.5 Å². The normalized spacial score (nSPS) is 12.6. The van der Waals surface area contributed by atoms with Crippen molar-refractivity contribution in [1.82, 2.24) is 4.98 Å². The van der Waals surface area contributed by atoms with E-state index in [-0.39, 0.29) is 0 Å². The molecule has 1 aromatic carbocycles. The molecule has 0 bridgehead atoms. The predicted molar refractivity (Wildman–Crippen MR) is 91.2 cm³/mol. The molecule has 2 aromatic rings. The Hall–Kier alpha value is -1.09. The van der Waals surface area contributed by atoms with E-state index in [4.69, 9.17) is 0 Å². The smallest absolute Gasteiger partial charge is 0.133 e. The first-order valence-corrected chi connectivity index (χ1v) is 8.32. The van der Waals surface area contributed by atoms with Crippen LogP contribution >= 0.6 is 15.9 Å². The Labute approximate surface area is 130 Å². The molecule has 3 heteroatoms. The molecule has 0 aliphatic rings. The Bertz CT molecular complexity index is 554. The highest BCUT2D eigenvalue weighted by Crippen LogP contribution is 2.28. The van der Waals surface area contributed by atoms with Crippen LogP contribution in [0.1, 0.15) is 39.5 Å². The lowest BCUT2D eigenvalue weighted by molar-refractivity contribution is 0.472. The molecule has 0 saturated carbocycles. The Kier molecular flexibility index (Phi) is 5.84. The molecule has 1 atom stereocenters. The summed E-state index contributed by atoms with van der Waals surface area (Å²) in [5.41, 5.74) is 0. The van der Waals surface area contributed by atoms with Gasteiger partial charge in [0.1, 0.15) is 5.82 Å². The number of halogens is 1. The topological polar surface area (TPSA) is 24.9 Å². The third kappa shape index (κ3) is 3.72. The van der Waals surface area contributed by atoms with Crippen LogP contribution in [0.2, 0.25) is 0 Å². The van der Waals surface area contributed by atoms with Crippen LogP contribution in [0.4, 0.5) is 5.82 Å². The Morgan fingerprint density at radius 3 is 2.80 bits per heavy atom. The van der Waals surface area contributed by atoms with Crippen molar-refractivity contribution in [2.24, 2.45) is 5.92 Å². The molecule has 2 rings (SSSR count). The van der Waals surface area contributed by atoms with Crippen LogP contribution < -0.4 is 5.32 Å². The number of rotatable bonds is 7. The summed E-state index contributed by atoms with van der Waals surface area (Å²) in [5.74, 6) is 1.73. The van der Waals surface area contributed by atoms with Gasteiger partial charge in [-0.2, -0.15) is 0 Å². The fourth-order valence-corrected chi connectivity index (χ4v) is 2.99. The second-order valence-electron chi connectivity index (χ2n) is 5.29. The number of hydrogen-bond donors (Lipinski definition) is 1. The largest absolute Gasteiger partial charge is 0.369 e. The number of unbranched alkanes of at least 4 members (excludes halogenated alkanes) is 1. The van der Waals surface area contributed by atoms with Crippen LogP contribution in [0.5, 0.6) is 0 Å². The third-order valence-corrected chi connectivity index (χ3v) is 4.55. The molecule has 0 saturated heterocycles. The number of anilines is 1. The number of nitrogens with one attached hydrogen (secondary N) is 1. The van der Waals surface area contributed by atoms with Gasteiger partial charge in [-0.3, -0.25) is 0 Å². The van der Waals surface area contributed by atoms with Gasteiger partial charge >= 0.3 is 0 Å². The second kappa shape index (κ2) is 7.63. The minimum Gasteiger partial charge on any atom is -0.369 e. The van der Waals surface area contributed by atoms with Gasteiger partial charge in [0.05, 0.1) is 0 Å². The monoisotopic (exact) mass is 334 g/mol. The molecule has 0 fully saturated rings. The molecule has 0 amide bonds. The first-order chi connectivity index (χ1) is 9.76. The number of pyridine rings is 1. The molecule has 0 aliphatic heterocycles. The SMILES string of the molecule is CCCCC(CC)CNc1nccc2c(Br)cccc12. The predicted octanol–water partition coefficient (Wildman–Crippen LogP) is 5.63. The van der Waals surface area contributed by atoms with Gasteiger partial charge in [-0.1, -0.05) is 61.2 Å². The lowest BCUT2D eigenvalue weighted by atomic mass is 9.99. The van der Waals surface area contributed by atoms with E-state index in [0.717, 1.165) is 22.8 Å². The standard InChI is InChI=1S/C17H23BrN2/c1-3-5-7-13(4-2)12-20-17-15-8-6-9-16(18)14(15)10-11-19-17/h6,8-11,13H,3-5,7,12H2,1-2H3,(H,19,20). The summed E-state index contributed by atoms with van der Waals surface area (Å²) in [6, 6.07) is 8.32. The van der Waals surface area contributed by atoms with E-state index >= 15 is 0 Å². The van der Waals surface area contributed by atoms with Gasteiger partial charge in [0.15, 0.2) is 0 Å². The van der Waals surface area contributed by atoms with Crippen LogP contribution in [0, 0.1) is 5.92 Å². The fraction of sp³-hybridized carbons (Fsp3) is 0.471. The average molecular weight is 335 g/mol. The van der Waals surface area contributed by atoms with Gasteiger partial charge in [-0.05, 0) is 24.5 Å². The minimum absolute atomic E-state index is 0.735. The van der Waals surface area contributed by atoms with E-state index in [1.165, 1.54) is 36.5 Å². The molecular formula is C17H23BrN2. The van der Waals surface area contributed by atoms with Crippen LogP contribution in [0.25, 0.3) is 10.8 Å². The summed E-state index contributed by atoms with van der Waals surface area (Å²) < 4.78 is 1.12. The van der Waals surface area contributed by atoms with Crippen LogP contribution in [0.15, 0.2) is 34.9 Å². The molecule has 108 valence electrons. The third-order valence-electron chi connectivity index (χ3n) is 3.85. The highest BCUT2D eigenvalue weighted by Gasteiger charge is 2.08. The number of fused-ring (bicyclic) bond motifs is 1. The summed E-state index contributed by atoms with van der Waals surface area (Å²) in [7, 11) is 0. The summed E-state index contributed by atoms with van der Waals surface area (Å²) in [6.07, 6.45) is 6.99. The maximum atomic E-state index is 4.50. The van der Waals surface area contributed by atoms with Gasteiger partial charge in [0.25, 0.3) is 0 Å². The summed E-state index contributed by atoms with van der Waals surface area (Å²) in [4.78, 5) is 4.50. The molecule has 1 heterocycles. The zero-order valence-corrected chi connectivity index (χ0v) is 13.9. The van der Waals surface area contributed by atoms with E-state index in [2.05, 4.69) is 64.3 Å². The van der Waals surface area contributed by atoms with Gasteiger partial charge in [-0.25, -0.2) is 4.98 Å². The van der Waals surface area contributed by atoms with Gasteiger partial charge in [0, 0.05) is 28.0 Å². The lowest BCUT2D eigenvalue weighted by Crippen LogP contribution is -2.14. The van der Waals surface area contributed by atoms with Crippen molar-refractivity contribution in [2.45, 2.75) is 39.5 Å². The van der Waals surface area contributed by atoms with Crippen molar-refractivity contribution in [3.8, 4) is 0 Å². The number of nitrogens with zero attached hydrogens (tertiary/aromatic N) is 1. The molecule has 20 heavy (non-hydrogen) atoms. The highest BCUT2D eigenvalue weighted by molar-refractivity contribution is 9.10. The van der Waals surface area contributed by atoms with Crippen LogP contribution in [-0.4, -0.2) is 11.5 Å². The number of benzene rings is 1. The van der Waals surface area contributed by atoms with E-state index in [9.17, 15) is 0 Å². The van der Waals surface area contributed by atoms with Crippen LogP contribution in [-0.2, 0) is 0 Å². The molecule has 1 N–H and O–H groups in total. The minimum atomic E-state index is 0.735. The van der Waals surface area contributed by atoms with E-state index in [1.807, 2.05) is 6.20 Å². The molecule has 0 aliphatic carbocycles. The zero-order valence-electron chi connectivity index (χ0n) is 12.3. The zero-order chi connectivity index (χ0) is 14.4. The Morgan fingerprint density at radius 1 is 1.20 bits per heavy atom. The first kappa shape index (κ1) is 15.3. The summed E-state index contributed by atoms with van der Waals surface area (Å²) >= 11 is 3.60. The van der Waals surface area contributed by atoms with Crippen molar-refractivity contribution in [3.63, 3.8) is 0 Å². The van der Waals surface area contributed by atoms with Crippen molar-refractivity contribution in [1.29, 1.82) is 0 Å². The van der Waals surface area contributed by atoms with E-state index in [0.29, 0.717) is 0 Å². The van der Waals surface area contributed by atoms with Gasteiger partial charge in [-0.15, -0.1) is 0 Å². The number of hydrogen-bond acceptors (Lipinski definition) is 2. The number of aromatic nitrogens is 1. The average Bonchev–Trinajstić information content (AvgIpc) is 2.48. The molecule has 0 radical (unpaired) electrons. The van der Waals surface area contributed by atoms with Crippen molar-refractivity contribution in [3.05, 3.63) is 34.9 Å². The van der Waals surface area contributed by atoms with E-state index in [1.54, 1.807) is 0 Å². The summed E-state index contributed by atoms with van der Waals surface area (Å²) in [6.45, 7) is 5.54. The quantitative estimate of drug-likeness (QED) is 0.710. The molecule has 1 unspecified atom stereocenters. The Balaban J connectivity index is 2.11. The Morgan fingerprint density at radius 2 is 2.05 bits per heavy atom. The first-order valence-electron chi connectivity index (χ1n) is 7.53. The van der Waals surface area contributed by atoms with Gasteiger partial charge in [0.2, 0.25) is 0 Å². The maximum absolute atomic E-state index is 4.50. The highest BCUT2D eigenvalue weighted by atomic mass is 79.9. The molecular weight excluding hydrogens is 312 g/mol.